The minimum Gasteiger partial charge on any atom is -0.457 e. The van der Waals surface area contributed by atoms with E-state index in [0.29, 0.717) is 22.6 Å². The van der Waals surface area contributed by atoms with E-state index in [-0.39, 0.29) is 11.6 Å². The van der Waals surface area contributed by atoms with Crippen molar-refractivity contribution < 1.29 is 14.0 Å². The molecule has 2 aromatic carbocycles. The van der Waals surface area contributed by atoms with Crippen molar-refractivity contribution in [3.63, 3.8) is 0 Å². The van der Waals surface area contributed by atoms with E-state index in [0.717, 1.165) is 0 Å². The van der Waals surface area contributed by atoms with Crippen LogP contribution in [0.25, 0.3) is 12.2 Å². The summed E-state index contributed by atoms with van der Waals surface area (Å²) < 4.78 is 5.58. The van der Waals surface area contributed by atoms with Gasteiger partial charge in [-0.15, -0.1) is 0 Å². The number of rotatable bonds is 6. The zero-order valence-corrected chi connectivity index (χ0v) is 13.5. The van der Waals surface area contributed by atoms with Crippen molar-refractivity contribution in [3.8, 4) is 0 Å². The number of benzene rings is 2. The summed E-state index contributed by atoms with van der Waals surface area (Å²) in [5, 5.41) is 0. The van der Waals surface area contributed by atoms with Crippen LogP contribution in [0.5, 0.6) is 0 Å². The molecule has 3 heteroatoms. The van der Waals surface area contributed by atoms with Gasteiger partial charge in [0.05, 0.1) is 0 Å². The predicted molar refractivity (Wildman–Crippen MR) is 98.3 cm³/mol. The minimum absolute atomic E-state index is 0.0895. The Kier molecular flexibility index (Phi) is 5.17. The Labute approximate surface area is 145 Å². The first kappa shape index (κ1) is 16.4. The van der Waals surface area contributed by atoms with Crippen LogP contribution in [0.1, 0.15) is 32.2 Å². The number of carbonyl (C=O) groups excluding carboxylic acids is 2. The van der Waals surface area contributed by atoms with E-state index in [4.69, 9.17) is 4.42 Å². The fraction of sp³-hybridized carbons (Fsp3) is 0. The largest absolute Gasteiger partial charge is 0.457 e. The number of hydrogen-bond donors (Lipinski definition) is 0. The van der Waals surface area contributed by atoms with Gasteiger partial charge in [0.15, 0.2) is 11.6 Å². The van der Waals surface area contributed by atoms with E-state index in [1.54, 1.807) is 48.6 Å². The molecular weight excluding hydrogens is 312 g/mol. The molecule has 0 fully saturated rings. The molecule has 1 aromatic heterocycles. The average Bonchev–Trinajstić information content (AvgIpc) is 3.13. The standard InChI is InChI=1S/C22H16O3/c23-21(17-7-3-1-4-8-17)15-13-19-11-12-20(25-19)14-16-22(24)18-9-5-2-6-10-18/h1-16H/b15-13-,16-14+. The molecule has 122 valence electrons. The number of ketones is 2. The monoisotopic (exact) mass is 328 g/mol. The molecule has 0 saturated heterocycles. The van der Waals surface area contributed by atoms with E-state index in [9.17, 15) is 9.59 Å². The van der Waals surface area contributed by atoms with Crippen molar-refractivity contribution in [2.45, 2.75) is 0 Å². The van der Waals surface area contributed by atoms with Crippen LogP contribution in [0.15, 0.2) is 89.4 Å². The summed E-state index contributed by atoms with van der Waals surface area (Å²) in [5.74, 6) is 0.925. The fourth-order valence-electron chi connectivity index (χ4n) is 2.26. The van der Waals surface area contributed by atoms with Gasteiger partial charge in [0.25, 0.3) is 0 Å². The van der Waals surface area contributed by atoms with Gasteiger partial charge in [0.1, 0.15) is 11.5 Å². The van der Waals surface area contributed by atoms with Crippen LogP contribution >= 0.6 is 0 Å². The maximum absolute atomic E-state index is 12.0. The van der Waals surface area contributed by atoms with Crippen molar-refractivity contribution >= 4 is 23.7 Å². The third-order valence-electron chi connectivity index (χ3n) is 3.56. The highest BCUT2D eigenvalue weighted by Crippen LogP contribution is 2.13. The molecule has 0 unspecified atom stereocenters. The quantitative estimate of drug-likeness (QED) is 0.469. The lowest BCUT2D eigenvalue weighted by atomic mass is 10.1. The Bertz CT molecular complexity index is 840. The molecule has 0 atom stereocenters. The van der Waals surface area contributed by atoms with Gasteiger partial charge in [-0.2, -0.15) is 0 Å². The van der Waals surface area contributed by atoms with Gasteiger partial charge in [-0.3, -0.25) is 9.59 Å². The second-order valence-electron chi connectivity index (χ2n) is 5.37. The first-order chi connectivity index (χ1) is 12.2. The summed E-state index contributed by atoms with van der Waals surface area (Å²) in [7, 11) is 0. The molecule has 1 heterocycles. The SMILES string of the molecule is O=C(/C=C\c1ccc(/C=C/C(=O)c2ccccc2)o1)c1ccccc1. The third-order valence-corrected chi connectivity index (χ3v) is 3.56. The first-order valence-electron chi connectivity index (χ1n) is 7.87. The Hall–Kier alpha value is -3.46. The highest BCUT2D eigenvalue weighted by molar-refractivity contribution is 6.07. The average molecular weight is 328 g/mol. The van der Waals surface area contributed by atoms with Crippen molar-refractivity contribution in [3.05, 3.63) is 108 Å². The number of carbonyl (C=O) groups is 2. The van der Waals surface area contributed by atoms with Gasteiger partial charge in [0, 0.05) is 11.1 Å². The van der Waals surface area contributed by atoms with E-state index in [1.165, 1.54) is 12.2 Å². The van der Waals surface area contributed by atoms with Gasteiger partial charge in [-0.1, -0.05) is 60.7 Å². The number of furan rings is 1. The molecule has 0 N–H and O–H groups in total. The van der Waals surface area contributed by atoms with Crippen molar-refractivity contribution in [1.82, 2.24) is 0 Å². The van der Waals surface area contributed by atoms with Gasteiger partial charge < -0.3 is 4.42 Å². The van der Waals surface area contributed by atoms with E-state index in [1.807, 2.05) is 36.4 Å². The van der Waals surface area contributed by atoms with E-state index < -0.39 is 0 Å². The Morgan fingerprint density at radius 3 is 1.40 bits per heavy atom. The zero-order chi connectivity index (χ0) is 17.5. The maximum Gasteiger partial charge on any atom is 0.185 e. The van der Waals surface area contributed by atoms with Crippen LogP contribution in [0.4, 0.5) is 0 Å². The molecule has 3 nitrogen and oxygen atoms in total. The molecule has 0 aliphatic heterocycles. The molecule has 0 aliphatic rings. The summed E-state index contributed by atoms with van der Waals surface area (Å²) in [6, 6.07) is 21.6. The molecule has 0 bridgehead atoms. The summed E-state index contributed by atoms with van der Waals surface area (Å²) >= 11 is 0. The summed E-state index contributed by atoms with van der Waals surface area (Å²) in [4.78, 5) is 24.0. The van der Waals surface area contributed by atoms with Crippen molar-refractivity contribution in [1.29, 1.82) is 0 Å². The normalized spacial score (nSPS) is 11.2. The molecule has 0 radical (unpaired) electrons. The lowest BCUT2D eigenvalue weighted by Gasteiger charge is -1.93. The van der Waals surface area contributed by atoms with E-state index in [2.05, 4.69) is 0 Å². The van der Waals surface area contributed by atoms with Crippen molar-refractivity contribution in [2.24, 2.45) is 0 Å². The van der Waals surface area contributed by atoms with Gasteiger partial charge in [-0.05, 0) is 36.4 Å². The molecule has 0 saturated carbocycles. The lowest BCUT2D eigenvalue weighted by molar-refractivity contribution is 0.103. The molecular formula is C22H16O3. The smallest absolute Gasteiger partial charge is 0.185 e. The molecule has 3 rings (SSSR count). The summed E-state index contributed by atoms with van der Waals surface area (Å²) in [5.41, 5.74) is 1.25. The maximum atomic E-state index is 12.0. The summed E-state index contributed by atoms with van der Waals surface area (Å²) in [6.45, 7) is 0. The lowest BCUT2D eigenvalue weighted by Crippen LogP contribution is -1.92. The Balaban J connectivity index is 1.64. The Morgan fingerprint density at radius 2 is 1.00 bits per heavy atom. The highest BCUT2D eigenvalue weighted by Gasteiger charge is 2.03. The van der Waals surface area contributed by atoms with Crippen LogP contribution < -0.4 is 0 Å². The second kappa shape index (κ2) is 7.88. The molecule has 0 amide bonds. The predicted octanol–water partition coefficient (Wildman–Crippen LogP) is 5.07. The topological polar surface area (TPSA) is 47.3 Å². The van der Waals surface area contributed by atoms with Gasteiger partial charge >= 0.3 is 0 Å². The number of allylic oxidation sites excluding steroid dienone is 2. The fourth-order valence-corrected chi connectivity index (χ4v) is 2.26. The van der Waals surface area contributed by atoms with Crippen LogP contribution in [-0.4, -0.2) is 11.6 Å². The van der Waals surface area contributed by atoms with Gasteiger partial charge in [-0.25, -0.2) is 0 Å². The van der Waals surface area contributed by atoms with E-state index >= 15 is 0 Å². The summed E-state index contributed by atoms with van der Waals surface area (Å²) in [6.07, 6.45) is 6.17. The highest BCUT2D eigenvalue weighted by atomic mass is 16.3. The molecule has 25 heavy (non-hydrogen) atoms. The Morgan fingerprint density at radius 1 is 0.600 bits per heavy atom. The van der Waals surface area contributed by atoms with Crippen LogP contribution in [0.2, 0.25) is 0 Å². The van der Waals surface area contributed by atoms with Crippen molar-refractivity contribution in [2.75, 3.05) is 0 Å². The molecule has 0 aliphatic carbocycles. The molecule has 0 spiro atoms. The third kappa shape index (κ3) is 4.52. The number of hydrogen-bond acceptors (Lipinski definition) is 3. The minimum atomic E-state index is -0.0895. The zero-order valence-electron chi connectivity index (χ0n) is 13.5. The van der Waals surface area contributed by atoms with Crippen LogP contribution in [0, 0.1) is 0 Å². The van der Waals surface area contributed by atoms with Crippen LogP contribution in [0.3, 0.4) is 0 Å². The second-order valence-corrected chi connectivity index (χ2v) is 5.37. The first-order valence-corrected chi connectivity index (χ1v) is 7.87. The molecule has 3 aromatic rings. The van der Waals surface area contributed by atoms with Crippen LogP contribution in [-0.2, 0) is 0 Å². The van der Waals surface area contributed by atoms with Gasteiger partial charge in [0.2, 0.25) is 0 Å².